The van der Waals surface area contributed by atoms with Crippen LogP contribution in [0, 0.1) is 6.07 Å². The van der Waals surface area contributed by atoms with E-state index in [9.17, 15) is 0 Å². The molecule has 0 amide bonds. The van der Waals surface area contributed by atoms with Crippen molar-refractivity contribution >= 4 is 33.3 Å². The zero-order chi connectivity index (χ0) is 18.1. The van der Waals surface area contributed by atoms with Gasteiger partial charge in [-0.3, -0.25) is 9.67 Å². The highest BCUT2D eigenvalue weighted by Gasteiger charge is 2.07. The third-order valence-electron chi connectivity index (χ3n) is 4.40. The van der Waals surface area contributed by atoms with Gasteiger partial charge < -0.3 is 5.32 Å². The number of anilines is 2. The monoisotopic (exact) mass is 351 g/mol. The van der Waals surface area contributed by atoms with Gasteiger partial charge in [-0.1, -0.05) is 18.2 Å². The minimum absolute atomic E-state index is 0.641. The minimum atomic E-state index is 0.641. The van der Waals surface area contributed by atoms with Gasteiger partial charge in [0, 0.05) is 17.3 Å². The number of pyridine rings is 1. The number of hydrogen-bond acceptors (Lipinski definition) is 5. The van der Waals surface area contributed by atoms with Crippen LogP contribution in [-0.2, 0) is 6.54 Å². The van der Waals surface area contributed by atoms with Crippen LogP contribution in [0.15, 0.2) is 73.3 Å². The van der Waals surface area contributed by atoms with Crippen molar-refractivity contribution in [2.24, 2.45) is 0 Å². The Bertz CT molecular complexity index is 1220. The van der Waals surface area contributed by atoms with E-state index in [0.29, 0.717) is 6.54 Å². The van der Waals surface area contributed by atoms with Crippen LogP contribution >= 0.6 is 0 Å². The number of aromatic nitrogens is 5. The third-order valence-corrected chi connectivity index (χ3v) is 4.40. The fraction of sp³-hybridized carbons (Fsp3) is 0.0476. The van der Waals surface area contributed by atoms with Crippen LogP contribution in [0.4, 0.5) is 11.5 Å². The minimum Gasteiger partial charge on any atom is -0.340 e. The second kappa shape index (κ2) is 6.49. The maximum absolute atomic E-state index is 4.51. The van der Waals surface area contributed by atoms with Crippen molar-refractivity contribution in [1.29, 1.82) is 0 Å². The maximum Gasteiger partial charge on any atom is 0.142 e. The second-order valence-electron chi connectivity index (χ2n) is 6.17. The van der Waals surface area contributed by atoms with Crippen molar-refractivity contribution in [3.63, 3.8) is 0 Å². The van der Waals surface area contributed by atoms with Gasteiger partial charge in [0.25, 0.3) is 0 Å². The molecule has 0 fully saturated rings. The van der Waals surface area contributed by atoms with Crippen molar-refractivity contribution in [3.05, 3.63) is 85.1 Å². The van der Waals surface area contributed by atoms with E-state index in [0.717, 1.165) is 39.0 Å². The predicted octanol–water partition coefficient (Wildman–Crippen LogP) is 3.97. The first-order valence-electron chi connectivity index (χ1n) is 8.61. The molecule has 1 radical (unpaired) electrons. The highest BCUT2D eigenvalue weighted by atomic mass is 15.3. The van der Waals surface area contributed by atoms with E-state index in [1.807, 2.05) is 53.3 Å². The maximum atomic E-state index is 4.51. The lowest BCUT2D eigenvalue weighted by atomic mass is 10.2. The Morgan fingerprint density at radius 3 is 2.93 bits per heavy atom. The Hall–Kier alpha value is -3.80. The van der Waals surface area contributed by atoms with Crippen LogP contribution in [0.2, 0.25) is 0 Å². The van der Waals surface area contributed by atoms with E-state index < -0.39 is 0 Å². The highest BCUT2D eigenvalue weighted by Crippen LogP contribution is 2.25. The van der Waals surface area contributed by atoms with Gasteiger partial charge in [0.1, 0.15) is 12.1 Å². The van der Waals surface area contributed by atoms with Gasteiger partial charge >= 0.3 is 0 Å². The molecule has 0 bridgehead atoms. The van der Waals surface area contributed by atoms with Crippen LogP contribution in [0.3, 0.4) is 0 Å². The number of nitrogens with zero attached hydrogens (tertiary/aromatic N) is 5. The molecule has 129 valence electrons. The molecule has 0 atom stereocenters. The molecule has 0 saturated heterocycles. The van der Waals surface area contributed by atoms with E-state index in [4.69, 9.17) is 0 Å². The molecule has 6 heteroatoms. The SMILES string of the molecule is [c]1cccc2ncnc(Nc3ccc4c(cnn4Cc4ccccn4)c3)c12. The van der Waals surface area contributed by atoms with Crippen molar-refractivity contribution in [2.45, 2.75) is 6.54 Å². The Morgan fingerprint density at radius 2 is 2.00 bits per heavy atom. The number of nitrogens with one attached hydrogen (secondary N) is 1. The standard InChI is InChI=1S/C21H15N6/c1-2-7-19-18(6-1)21(24-14-23-19)26-16-8-9-20-15(11-16)12-25-27(20)13-17-5-3-4-10-22-17/h1-5,7-12,14H,13H2,(H,23,24,26). The number of rotatable bonds is 4. The van der Waals surface area contributed by atoms with Gasteiger partial charge in [-0.25, -0.2) is 9.97 Å². The molecule has 0 spiro atoms. The molecule has 6 nitrogen and oxygen atoms in total. The van der Waals surface area contributed by atoms with Crippen molar-refractivity contribution in [3.8, 4) is 0 Å². The number of hydrogen-bond donors (Lipinski definition) is 1. The van der Waals surface area contributed by atoms with Gasteiger partial charge in [-0.2, -0.15) is 5.10 Å². The zero-order valence-electron chi connectivity index (χ0n) is 14.4. The lowest BCUT2D eigenvalue weighted by Gasteiger charge is -2.08. The summed E-state index contributed by atoms with van der Waals surface area (Å²) in [7, 11) is 0. The van der Waals surface area contributed by atoms with Crippen LogP contribution in [0.5, 0.6) is 0 Å². The quantitative estimate of drug-likeness (QED) is 0.531. The Labute approximate surface area is 155 Å². The summed E-state index contributed by atoms with van der Waals surface area (Å²) in [5, 5.41) is 9.79. The summed E-state index contributed by atoms with van der Waals surface area (Å²) in [6, 6.07) is 21.0. The predicted molar refractivity (Wildman–Crippen MR) is 105 cm³/mol. The molecule has 5 rings (SSSR count). The molecule has 0 unspecified atom stereocenters. The molecular weight excluding hydrogens is 336 g/mol. The van der Waals surface area contributed by atoms with Crippen molar-refractivity contribution < 1.29 is 0 Å². The molecule has 0 aliphatic rings. The van der Waals surface area contributed by atoms with Crippen LogP contribution in [0.1, 0.15) is 5.69 Å². The van der Waals surface area contributed by atoms with E-state index in [-0.39, 0.29) is 0 Å². The third kappa shape index (κ3) is 2.97. The van der Waals surface area contributed by atoms with Crippen molar-refractivity contribution in [1.82, 2.24) is 24.7 Å². The van der Waals surface area contributed by atoms with Crippen molar-refractivity contribution in [2.75, 3.05) is 5.32 Å². The zero-order valence-corrected chi connectivity index (χ0v) is 14.4. The van der Waals surface area contributed by atoms with Gasteiger partial charge in [-0.05, 0) is 42.5 Å². The summed E-state index contributed by atoms with van der Waals surface area (Å²) < 4.78 is 1.95. The molecule has 0 aliphatic carbocycles. The summed E-state index contributed by atoms with van der Waals surface area (Å²) in [5.74, 6) is 0.737. The van der Waals surface area contributed by atoms with Gasteiger partial charge in [0.2, 0.25) is 0 Å². The summed E-state index contributed by atoms with van der Waals surface area (Å²) in [6.45, 7) is 0.641. The summed E-state index contributed by atoms with van der Waals surface area (Å²) in [5.41, 5.74) is 3.84. The van der Waals surface area contributed by atoms with E-state index in [1.165, 1.54) is 0 Å². The number of benzene rings is 2. The Morgan fingerprint density at radius 1 is 1.00 bits per heavy atom. The first-order valence-corrected chi connectivity index (χ1v) is 8.61. The molecule has 27 heavy (non-hydrogen) atoms. The normalized spacial score (nSPS) is 11.1. The fourth-order valence-electron chi connectivity index (χ4n) is 3.11. The van der Waals surface area contributed by atoms with E-state index in [2.05, 4.69) is 43.6 Å². The van der Waals surface area contributed by atoms with Crippen LogP contribution in [0.25, 0.3) is 21.8 Å². The van der Waals surface area contributed by atoms with Gasteiger partial charge in [0.05, 0.1) is 34.9 Å². The first kappa shape index (κ1) is 15.5. The molecule has 0 saturated carbocycles. The lowest BCUT2D eigenvalue weighted by molar-refractivity contribution is 0.696. The average molecular weight is 351 g/mol. The summed E-state index contributed by atoms with van der Waals surface area (Å²) in [4.78, 5) is 13.0. The smallest absolute Gasteiger partial charge is 0.142 e. The van der Waals surface area contributed by atoms with E-state index in [1.54, 1.807) is 12.5 Å². The fourth-order valence-corrected chi connectivity index (χ4v) is 3.11. The number of fused-ring (bicyclic) bond motifs is 2. The average Bonchev–Trinajstić information content (AvgIpc) is 3.11. The largest absolute Gasteiger partial charge is 0.340 e. The summed E-state index contributed by atoms with van der Waals surface area (Å²) >= 11 is 0. The first-order chi connectivity index (χ1) is 13.4. The molecule has 1 N–H and O–H groups in total. The Balaban J connectivity index is 1.47. The molecular formula is C21H15N6. The van der Waals surface area contributed by atoms with E-state index >= 15 is 0 Å². The molecule has 5 aromatic rings. The van der Waals surface area contributed by atoms with Crippen LogP contribution in [-0.4, -0.2) is 24.7 Å². The van der Waals surface area contributed by atoms with Gasteiger partial charge in [-0.15, -0.1) is 0 Å². The lowest BCUT2D eigenvalue weighted by Crippen LogP contribution is -2.02. The molecule has 3 heterocycles. The molecule has 2 aromatic carbocycles. The molecule has 3 aromatic heterocycles. The molecule has 0 aliphatic heterocycles. The van der Waals surface area contributed by atoms with Gasteiger partial charge in [0.15, 0.2) is 0 Å². The highest BCUT2D eigenvalue weighted by molar-refractivity contribution is 5.91. The second-order valence-corrected chi connectivity index (χ2v) is 6.17. The summed E-state index contributed by atoms with van der Waals surface area (Å²) in [6.07, 6.45) is 5.22. The Kier molecular flexibility index (Phi) is 3.72. The topological polar surface area (TPSA) is 68.5 Å². The van der Waals surface area contributed by atoms with Crippen LogP contribution < -0.4 is 5.32 Å².